The van der Waals surface area contributed by atoms with E-state index in [9.17, 15) is 4.79 Å². The van der Waals surface area contributed by atoms with Crippen molar-refractivity contribution < 1.29 is 14.3 Å². The molecule has 7 heteroatoms. The third kappa shape index (κ3) is 5.70. The van der Waals surface area contributed by atoms with E-state index >= 15 is 0 Å². The summed E-state index contributed by atoms with van der Waals surface area (Å²) in [6, 6.07) is 17.5. The number of hydrogen-bond donors (Lipinski definition) is 1. The highest BCUT2D eigenvalue weighted by Gasteiger charge is 2.11. The zero-order valence-corrected chi connectivity index (χ0v) is 18.3. The van der Waals surface area contributed by atoms with Gasteiger partial charge < -0.3 is 14.8 Å². The first-order valence-corrected chi connectivity index (χ1v) is 10.1. The smallest absolute Gasteiger partial charge is 0.191 e. The molecule has 0 spiro atoms. The van der Waals surface area contributed by atoms with E-state index in [0.717, 1.165) is 11.3 Å². The Morgan fingerprint density at radius 3 is 2.50 bits per heavy atom. The van der Waals surface area contributed by atoms with Crippen molar-refractivity contribution in [2.45, 2.75) is 6.61 Å². The number of benzene rings is 3. The average Bonchev–Trinajstić information content (AvgIpc) is 2.73. The SMILES string of the molecule is COc1ccc(N/C=C/C(=O)c2ccccc2OCc2ccc(Cl)cc2Cl)cc1Cl. The molecule has 3 rings (SSSR count). The van der Waals surface area contributed by atoms with Crippen LogP contribution in [0.3, 0.4) is 0 Å². The highest BCUT2D eigenvalue weighted by molar-refractivity contribution is 6.35. The highest BCUT2D eigenvalue weighted by atomic mass is 35.5. The van der Waals surface area contributed by atoms with Gasteiger partial charge in [0.2, 0.25) is 0 Å². The molecule has 30 heavy (non-hydrogen) atoms. The van der Waals surface area contributed by atoms with Crippen LogP contribution in [0.1, 0.15) is 15.9 Å². The van der Waals surface area contributed by atoms with Crippen molar-refractivity contribution in [2.75, 3.05) is 12.4 Å². The molecule has 0 atom stereocenters. The number of carbonyl (C=O) groups excluding carboxylic acids is 1. The number of rotatable bonds is 8. The van der Waals surface area contributed by atoms with Crippen molar-refractivity contribution in [3.63, 3.8) is 0 Å². The van der Waals surface area contributed by atoms with E-state index in [-0.39, 0.29) is 12.4 Å². The summed E-state index contributed by atoms with van der Waals surface area (Å²) >= 11 is 18.2. The quantitative estimate of drug-likeness (QED) is 0.288. The van der Waals surface area contributed by atoms with Crippen LogP contribution in [0.4, 0.5) is 5.69 Å². The molecule has 0 amide bonds. The molecule has 0 unspecified atom stereocenters. The molecule has 154 valence electrons. The van der Waals surface area contributed by atoms with Crippen molar-refractivity contribution in [1.29, 1.82) is 0 Å². The summed E-state index contributed by atoms with van der Waals surface area (Å²) in [7, 11) is 1.55. The Kier molecular flexibility index (Phi) is 7.63. The van der Waals surface area contributed by atoms with E-state index in [2.05, 4.69) is 5.32 Å². The number of methoxy groups -OCH3 is 1. The zero-order valence-electron chi connectivity index (χ0n) is 16.0. The van der Waals surface area contributed by atoms with Crippen molar-refractivity contribution in [3.8, 4) is 11.5 Å². The molecule has 0 aliphatic carbocycles. The highest BCUT2D eigenvalue weighted by Crippen LogP contribution is 2.27. The van der Waals surface area contributed by atoms with Gasteiger partial charge >= 0.3 is 0 Å². The van der Waals surface area contributed by atoms with Crippen LogP contribution in [0.2, 0.25) is 15.1 Å². The second-order valence-corrected chi connectivity index (χ2v) is 7.46. The van der Waals surface area contributed by atoms with E-state index in [4.69, 9.17) is 44.3 Å². The fourth-order valence-electron chi connectivity index (χ4n) is 2.65. The molecule has 0 aliphatic rings. The Hall–Kier alpha value is -2.66. The molecule has 0 bridgehead atoms. The summed E-state index contributed by atoms with van der Waals surface area (Å²) in [4.78, 5) is 12.6. The maximum atomic E-state index is 12.6. The summed E-state index contributed by atoms with van der Waals surface area (Å²) in [5, 5.41) is 4.55. The van der Waals surface area contributed by atoms with E-state index in [1.165, 1.54) is 6.08 Å². The van der Waals surface area contributed by atoms with Crippen LogP contribution in [0.5, 0.6) is 11.5 Å². The minimum Gasteiger partial charge on any atom is -0.495 e. The molecule has 0 aromatic heterocycles. The Bertz CT molecular complexity index is 1080. The van der Waals surface area contributed by atoms with Gasteiger partial charge in [-0.05, 0) is 42.5 Å². The van der Waals surface area contributed by atoms with Gasteiger partial charge in [-0.3, -0.25) is 4.79 Å². The van der Waals surface area contributed by atoms with Gasteiger partial charge in [0.05, 0.1) is 17.7 Å². The minimum absolute atomic E-state index is 0.208. The van der Waals surface area contributed by atoms with E-state index in [0.29, 0.717) is 32.1 Å². The van der Waals surface area contributed by atoms with Crippen LogP contribution in [-0.4, -0.2) is 12.9 Å². The van der Waals surface area contributed by atoms with E-state index < -0.39 is 0 Å². The monoisotopic (exact) mass is 461 g/mol. The lowest BCUT2D eigenvalue weighted by molar-refractivity contribution is 0.104. The van der Waals surface area contributed by atoms with Crippen molar-refractivity contribution in [1.82, 2.24) is 0 Å². The van der Waals surface area contributed by atoms with Gasteiger partial charge in [-0.15, -0.1) is 0 Å². The molecule has 0 aliphatic heterocycles. The first-order chi connectivity index (χ1) is 14.5. The summed E-state index contributed by atoms with van der Waals surface area (Å²) in [6.45, 7) is 0.215. The predicted molar refractivity (Wildman–Crippen MR) is 122 cm³/mol. The van der Waals surface area contributed by atoms with Crippen LogP contribution >= 0.6 is 34.8 Å². The third-order valence-corrected chi connectivity index (χ3v) is 5.07. The molecule has 4 nitrogen and oxygen atoms in total. The van der Waals surface area contributed by atoms with Crippen LogP contribution in [0.15, 0.2) is 72.9 Å². The second kappa shape index (κ2) is 10.4. The van der Waals surface area contributed by atoms with E-state index in [1.54, 1.807) is 74.0 Å². The van der Waals surface area contributed by atoms with Gasteiger partial charge in [0.15, 0.2) is 5.78 Å². The van der Waals surface area contributed by atoms with Crippen LogP contribution in [0, 0.1) is 0 Å². The first-order valence-electron chi connectivity index (χ1n) is 8.94. The van der Waals surface area contributed by atoms with Gasteiger partial charge in [-0.25, -0.2) is 0 Å². The molecule has 3 aromatic rings. The van der Waals surface area contributed by atoms with Crippen molar-refractivity contribution in [3.05, 3.63) is 99.1 Å². The third-order valence-electron chi connectivity index (χ3n) is 4.19. The van der Waals surface area contributed by atoms with Crippen molar-refractivity contribution in [2.24, 2.45) is 0 Å². The number of ketones is 1. The number of ether oxygens (including phenoxy) is 2. The normalized spacial score (nSPS) is 10.8. The lowest BCUT2D eigenvalue weighted by atomic mass is 10.1. The van der Waals surface area contributed by atoms with Gasteiger partial charge in [0.1, 0.15) is 18.1 Å². The van der Waals surface area contributed by atoms with Crippen LogP contribution in [0.25, 0.3) is 0 Å². The Balaban J connectivity index is 1.67. The summed E-state index contributed by atoms with van der Waals surface area (Å²) in [5.41, 5.74) is 1.94. The summed E-state index contributed by atoms with van der Waals surface area (Å²) in [5.74, 6) is 0.833. The molecule has 0 heterocycles. The van der Waals surface area contributed by atoms with Crippen LogP contribution < -0.4 is 14.8 Å². The largest absolute Gasteiger partial charge is 0.495 e. The summed E-state index contributed by atoms with van der Waals surface area (Å²) < 4.78 is 11.0. The molecule has 0 radical (unpaired) electrons. The molecule has 0 saturated heterocycles. The van der Waals surface area contributed by atoms with Crippen molar-refractivity contribution >= 4 is 46.3 Å². The summed E-state index contributed by atoms with van der Waals surface area (Å²) in [6.07, 6.45) is 2.98. The number of hydrogen-bond acceptors (Lipinski definition) is 4. The Labute approximate surface area is 190 Å². The molecule has 0 saturated carbocycles. The lowest BCUT2D eigenvalue weighted by Gasteiger charge is -2.11. The van der Waals surface area contributed by atoms with Gasteiger partial charge in [0, 0.05) is 33.6 Å². The molecule has 3 aromatic carbocycles. The molecular formula is C23H18Cl3NO3. The molecule has 1 N–H and O–H groups in total. The number of para-hydroxylation sites is 1. The zero-order chi connectivity index (χ0) is 21.5. The average molecular weight is 463 g/mol. The van der Waals surface area contributed by atoms with Gasteiger partial charge in [-0.1, -0.05) is 53.0 Å². The maximum Gasteiger partial charge on any atom is 0.191 e. The fraction of sp³-hybridized carbons (Fsp3) is 0.0870. The predicted octanol–water partition coefficient (Wildman–Crippen LogP) is 7.04. The Morgan fingerprint density at radius 1 is 0.967 bits per heavy atom. The van der Waals surface area contributed by atoms with Crippen LogP contribution in [-0.2, 0) is 6.61 Å². The number of carbonyl (C=O) groups is 1. The number of anilines is 1. The minimum atomic E-state index is -0.208. The van der Waals surface area contributed by atoms with Gasteiger partial charge in [-0.2, -0.15) is 0 Å². The number of allylic oxidation sites excluding steroid dienone is 1. The topological polar surface area (TPSA) is 47.6 Å². The molecule has 0 fully saturated rings. The van der Waals surface area contributed by atoms with Gasteiger partial charge in [0.25, 0.3) is 0 Å². The molecular weight excluding hydrogens is 445 g/mol. The number of halogens is 3. The fourth-order valence-corrected chi connectivity index (χ4v) is 3.37. The lowest BCUT2D eigenvalue weighted by Crippen LogP contribution is -2.03. The maximum absolute atomic E-state index is 12.6. The van der Waals surface area contributed by atoms with E-state index in [1.807, 2.05) is 0 Å². The first kappa shape index (κ1) is 22.0. The second-order valence-electron chi connectivity index (χ2n) is 6.21. The standard InChI is InChI=1S/C23H18Cl3NO3/c1-29-23-9-8-17(13-20(23)26)27-11-10-21(28)18-4-2-3-5-22(18)30-14-15-6-7-16(24)12-19(15)25/h2-13,27H,14H2,1H3/b11-10+. The Morgan fingerprint density at radius 2 is 1.77 bits per heavy atom. The number of nitrogens with one attached hydrogen (secondary N) is 1.